The monoisotopic (exact) mass is 344 g/mol. The average molecular weight is 344 g/mol. The molecule has 2 aromatic carbocycles. The summed E-state index contributed by atoms with van der Waals surface area (Å²) in [5.41, 5.74) is 3.76. The number of ether oxygens (including phenoxy) is 1. The van der Waals surface area contributed by atoms with Gasteiger partial charge in [-0.1, -0.05) is 24.3 Å². The Morgan fingerprint density at radius 1 is 0.846 bits per heavy atom. The van der Waals surface area contributed by atoms with E-state index < -0.39 is 0 Å². The van der Waals surface area contributed by atoms with Crippen molar-refractivity contribution in [3.05, 3.63) is 60.4 Å². The van der Waals surface area contributed by atoms with E-state index >= 15 is 0 Å². The Hall–Kier alpha value is -2.39. The number of hydrogen-bond acceptors (Lipinski definition) is 3. The summed E-state index contributed by atoms with van der Waals surface area (Å²) in [6.45, 7) is 2.11. The molecule has 26 heavy (non-hydrogen) atoms. The van der Waals surface area contributed by atoms with Crippen LogP contribution in [-0.2, 0) is 0 Å². The highest BCUT2D eigenvalue weighted by atomic mass is 16.5. The SMILES string of the molecule is c1cc2cc(-c3ccc(OC4CCNCC4)cc3)ccc2c(C2CC2)n1. The zero-order chi connectivity index (χ0) is 17.3. The third-order valence-corrected chi connectivity index (χ3v) is 5.54. The van der Waals surface area contributed by atoms with Crippen LogP contribution in [0.15, 0.2) is 54.7 Å². The lowest BCUT2D eigenvalue weighted by atomic mass is 10.00. The van der Waals surface area contributed by atoms with Crippen LogP contribution in [0.5, 0.6) is 5.75 Å². The van der Waals surface area contributed by atoms with Gasteiger partial charge < -0.3 is 10.1 Å². The Morgan fingerprint density at radius 3 is 2.38 bits per heavy atom. The molecular formula is C23H24N2O. The molecule has 0 unspecified atom stereocenters. The van der Waals surface area contributed by atoms with Crippen molar-refractivity contribution in [1.82, 2.24) is 10.3 Å². The number of benzene rings is 2. The Balaban J connectivity index is 1.38. The van der Waals surface area contributed by atoms with Gasteiger partial charge in [0.15, 0.2) is 0 Å². The van der Waals surface area contributed by atoms with Crippen molar-refractivity contribution in [1.29, 1.82) is 0 Å². The maximum absolute atomic E-state index is 6.12. The molecule has 3 nitrogen and oxygen atoms in total. The summed E-state index contributed by atoms with van der Waals surface area (Å²) in [6.07, 6.45) is 7.04. The van der Waals surface area contributed by atoms with Crippen molar-refractivity contribution in [2.45, 2.75) is 37.7 Å². The van der Waals surface area contributed by atoms with Crippen LogP contribution in [0.1, 0.15) is 37.3 Å². The quantitative estimate of drug-likeness (QED) is 0.730. The third-order valence-electron chi connectivity index (χ3n) is 5.54. The van der Waals surface area contributed by atoms with Crippen molar-refractivity contribution >= 4 is 10.8 Å². The second-order valence-corrected chi connectivity index (χ2v) is 7.50. The lowest BCUT2D eigenvalue weighted by Crippen LogP contribution is -2.34. The lowest BCUT2D eigenvalue weighted by molar-refractivity contribution is 0.162. The van der Waals surface area contributed by atoms with E-state index in [9.17, 15) is 0 Å². The molecule has 0 atom stereocenters. The molecule has 1 aromatic heterocycles. The Kier molecular flexibility index (Phi) is 4.10. The van der Waals surface area contributed by atoms with Crippen LogP contribution in [0.4, 0.5) is 0 Å². The van der Waals surface area contributed by atoms with Crippen LogP contribution in [-0.4, -0.2) is 24.2 Å². The number of nitrogens with one attached hydrogen (secondary N) is 1. The molecule has 1 aliphatic carbocycles. The maximum Gasteiger partial charge on any atom is 0.119 e. The van der Waals surface area contributed by atoms with Crippen molar-refractivity contribution in [2.24, 2.45) is 0 Å². The number of fused-ring (bicyclic) bond motifs is 1. The van der Waals surface area contributed by atoms with Gasteiger partial charge >= 0.3 is 0 Å². The molecule has 5 rings (SSSR count). The van der Waals surface area contributed by atoms with E-state index in [1.54, 1.807) is 0 Å². The predicted octanol–water partition coefficient (Wildman–Crippen LogP) is 4.91. The summed E-state index contributed by atoms with van der Waals surface area (Å²) in [5.74, 6) is 1.65. The second kappa shape index (κ2) is 6.73. The summed E-state index contributed by atoms with van der Waals surface area (Å²) in [4.78, 5) is 4.62. The van der Waals surface area contributed by atoms with Gasteiger partial charge in [-0.2, -0.15) is 0 Å². The van der Waals surface area contributed by atoms with Gasteiger partial charge in [-0.05, 0) is 79.6 Å². The molecule has 1 N–H and O–H groups in total. The van der Waals surface area contributed by atoms with Crippen LogP contribution in [0.25, 0.3) is 21.9 Å². The second-order valence-electron chi connectivity index (χ2n) is 7.50. The molecule has 1 saturated heterocycles. The van der Waals surface area contributed by atoms with Gasteiger partial charge in [-0.25, -0.2) is 0 Å². The molecular weight excluding hydrogens is 320 g/mol. The molecule has 3 aromatic rings. The van der Waals surface area contributed by atoms with Gasteiger partial charge in [0, 0.05) is 17.5 Å². The van der Waals surface area contributed by atoms with Gasteiger partial charge in [0.25, 0.3) is 0 Å². The average Bonchev–Trinajstić information content (AvgIpc) is 3.54. The van der Waals surface area contributed by atoms with E-state index in [0.717, 1.165) is 31.7 Å². The minimum atomic E-state index is 0.344. The summed E-state index contributed by atoms with van der Waals surface area (Å²) in [7, 11) is 0. The van der Waals surface area contributed by atoms with E-state index in [4.69, 9.17) is 4.74 Å². The zero-order valence-corrected chi connectivity index (χ0v) is 14.9. The minimum absolute atomic E-state index is 0.344. The number of piperidine rings is 1. The molecule has 0 amide bonds. The van der Waals surface area contributed by atoms with Crippen molar-refractivity contribution in [2.75, 3.05) is 13.1 Å². The van der Waals surface area contributed by atoms with E-state index in [1.165, 1.54) is 40.4 Å². The van der Waals surface area contributed by atoms with Gasteiger partial charge in [-0.3, -0.25) is 4.98 Å². The third kappa shape index (κ3) is 3.19. The molecule has 2 aliphatic rings. The molecule has 0 spiro atoms. The largest absolute Gasteiger partial charge is 0.490 e. The van der Waals surface area contributed by atoms with Gasteiger partial charge in [0.2, 0.25) is 0 Å². The predicted molar refractivity (Wildman–Crippen MR) is 106 cm³/mol. The summed E-state index contributed by atoms with van der Waals surface area (Å²) in [6, 6.07) is 17.4. The fourth-order valence-electron chi connectivity index (χ4n) is 3.89. The van der Waals surface area contributed by atoms with Crippen LogP contribution in [0, 0.1) is 0 Å². The number of rotatable bonds is 4. The molecule has 1 saturated carbocycles. The van der Waals surface area contributed by atoms with Gasteiger partial charge in [0.05, 0.1) is 5.69 Å². The fraction of sp³-hybridized carbons (Fsp3) is 0.348. The number of aromatic nitrogens is 1. The number of pyridine rings is 1. The first kappa shape index (κ1) is 15.8. The normalized spacial score (nSPS) is 18.2. The summed E-state index contributed by atoms with van der Waals surface area (Å²) < 4.78 is 6.12. The summed E-state index contributed by atoms with van der Waals surface area (Å²) >= 11 is 0. The zero-order valence-electron chi connectivity index (χ0n) is 14.9. The molecule has 2 fully saturated rings. The first-order valence-electron chi connectivity index (χ1n) is 9.73. The van der Waals surface area contributed by atoms with Crippen LogP contribution >= 0.6 is 0 Å². The molecule has 1 aliphatic heterocycles. The molecule has 0 radical (unpaired) electrons. The van der Waals surface area contributed by atoms with E-state index in [2.05, 4.69) is 58.8 Å². The van der Waals surface area contributed by atoms with Crippen molar-refractivity contribution in [3.63, 3.8) is 0 Å². The summed E-state index contributed by atoms with van der Waals surface area (Å²) in [5, 5.41) is 5.97. The molecule has 3 heteroatoms. The fourth-order valence-corrected chi connectivity index (χ4v) is 3.89. The topological polar surface area (TPSA) is 34.1 Å². The maximum atomic E-state index is 6.12. The molecule has 0 bridgehead atoms. The highest BCUT2D eigenvalue weighted by Gasteiger charge is 2.26. The highest BCUT2D eigenvalue weighted by Crippen LogP contribution is 2.42. The van der Waals surface area contributed by atoms with Crippen molar-refractivity contribution < 1.29 is 4.74 Å². The first-order valence-corrected chi connectivity index (χ1v) is 9.73. The van der Waals surface area contributed by atoms with E-state index in [-0.39, 0.29) is 0 Å². The molecule has 2 heterocycles. The minimum Gasteiger partial charge on any atom is -0.490 e. The van der Waals surface area contributed by atoms with Gasteiger partial charge in [-0.15, -0.1) is 0 Å². The molecule has 132 valence electrons. The van der Waals surface area contributed by atoms with Crippen LogP contribution < -0.4 is 10.1 Å². The van der Waals surface area contributed by atoms with Gasteiger partial charge in [0.1, 0.15) is 11.9 Å². The Labute approximate surface area is 154 Å². The van der Waals surface area contributed by atoms with Crippen LogP contribution in [0.2, 0.25) is 0 Å². The smallest absolute Gasteiger partial charge is 0.119 e. The Morgan fingerprint density at radius 2 is 1.62 bits per heavy atom. The lowest BCUT2D eigenvalue weighted by Gasteiger charge is -2.23. The van der Waals surface area contributed by atoms with E-state index in [1.807, 2.05) is 6.20 Å². The first-order chi connectivity index (χ1) is 12.9. The van der Waals surface area contributed by atoms with Crippen LogP contribution in [0.3, 0.4) is 0 Å². The number of hydrogen-bond donors (Lipinski definition) is 1. The van der Waals surface area contributed by atoms with E-state index in [0.29, 0.717) is 12.0 Å². The van der Waals surface area contributed by atoms with Crippen molar-refractivity contribution in [3.8, 4) is 16.9 Å². The highest BCUT2D eigenvalue weighted by molar-refractivity contribution is 5.89. The standard InChI is InChI=1S/C23H24N2O/c1-2-17(1)23-22-8-5-18(15-19(22)9-14-25-23)16-3-6-20(7-4-16)26-21-10-12-24-13-11-21/h3-9,14-15,17,21,24H,1-2,10-13H2. The number of nitrogens with zero attached hydrogens (tertiary/aromatic N) is 1. The Bertz CT molecular complexity index is 909.